The number of methoxy groups -OCH3 is 1. The van der Waals surface area contributed by atoms with Crippen LogP contribution in [-0.2, 0) is 14.3 Å². The minimum atomic E-state index is -0.936. The summed E-state index contributed by atoms with van der Waals surface area (Å²) in [4.78, 5) is 25.2. The van der Waals surface area contributed by atoms with Gasteiger partial charge in [-0.2, -0.15) is 0 Å². The number of Topliss-reactive ketones (excluding diaryl/α,β-unsaturated/α-hetero) is 1. The zero-order valence-electron chi connectivity index (χ0n) is 12.3. The summed E-state index contributed by atoms with van der Waals surface area (Å²) < 4.78 is 4.94. The van der Waals surface area contributed by atoms with Crippen LogP contribution in [0.15, 0.2) is 36.4 Å². The van der Waals surface area contributed by atoms with Gasteiger partial charge in [0.2, 0.25) is 0 Å². The monoisotopic (exact) mass is 284 g/mol. The molecule has 3 heteroatoms. The number of ether oxygens (including phenoxy) is 1. The molecule has 1 fully saturated rings. The first-order valence-corrected chi connectivity index (χ1v) is 7.57. The fourth-order valence-electron chi connectivity index (χ4n) is 3.72. The zero-order chi connectivity index (χ0) is 14.9. The maximum Gasteiger partial charge on any atom is 0.319 e. The Morgan fingerprint density at radius 1 is 1.24 bits per heavy atom. The van der Waals surface area contributed by atoms with E-state index < -0.39 is 5.41 Å². The molecule has 2 atom stereocenters. The Morgan fingerprint density at radius 2 is 2.00 bits per heavy atom. The molecule has 2 bridgehead atoms. The third kappa shape index (κ3) is 2.21. The topological polar surface area (TPSA) is 43.4 Å². The van der Waals surface area contributed by atoms with Crippen molar-refractivity contribution in [2.75, 3.05) is 7.11 Å². The highest BCUT2D eigenvalue weighted by Crippen LogP contribution is 2.47. The van der Waals surface area contributed by atoms with Crippen molar-refractivity contribution < 1.29 is 14.3 Å². The summed E-state index contributed by atoms with van der Waals surface area (Å²) in [5.41, 5.74) is 1.24. The van der Waals surface area contributed by atoms with Crippen molar-refractivity contribution in [2.24, 2.45) is 11.3 Å². The van der Waals surface area contributed by atoms with Gasteiger partial charge in [0.15, 0.2) is 5.78 Å². The highest BCUT2D eigenvalue weighted by molar-refractivity contribution is 6.10. The van der Waals surface area contributed by atoms with Crippen LogP contribution in [0.2, 0.25) is 0 Å². The maximum absolute atomic E-state index is 13.0. The number of ketones is 1. The molecule has 1 saturated carbocycles. The van der Waals surface area contributed by atoms with E-state index in [0.717, 1.165) is 30.4 Å². The second-order valence-corrected chi connectivity index (χ2v) is 5.97. The predicted octanol–water partition coefficient (Wildman–Crippen LogP) is 3.39. The van der Waals surface area contributed by atoms with Gasteiger partial charge in [-0.25, -0.2) is 0 Å². The molecular weight excluding hydrogens is 264 g/mol. The molecule has 0 aliphatic heterocycles. The lowest BCUT2D eigenvalue weighted by Crippen LogP contribution is -2.44. The third-order valence-corrected chi connectivity index (χ3v) is 4.86. The van der Waals surface area contributed by atoms with E-state index in [0.29, 0.717) is 12.8 Å². The number of rotatable bonds is 2. The lowest BCUT2D eigenvalue weighted by atomic mass is 9.67. The van der Waals surface area contributed by atoms with Crippen molar-refractivity contribution >= 4 is 17.3 Å². The molecule has 0 heterocycles. The lowest BCUT2D eigenvalue weighted by Gasteiger charge is -2.35. The summed E-state index contributed by atoms with van der Waals surface area (Å²) in [6.45, 7) is 0. The van der Waals surface area contributed by atoms with Gasteiger partial charge in [0, 0.05) is 5.92 Å². The fraction of sp³-hybridized carbons (Fsp3) is 0.444. The molecule has 0 spiro atoms. The highest BCUT2D eigenvalue weighted by Gasteiger charge is 2.52. The van der Waals surface area contributed by atoms with Gasteiger partial charge in [-0.3, -0.25) is 9.59 Å². The van der Waals surface area contributed by atoms with Gasteiger partial charge in [-0.15, -0.1) is 0 Å². The van der Waals surface area contributed by atoms with Crippen LogP contribution in [0.1, 0.15) is 37.7 Å². The minimum Gasteiger partial charge on any atom is -0.468 e. The van der Waals surface area contributed by atoms with Crippen LogP contribution in [0.3, 0.4) is 0 Å². The molecule has 0 radical (unpaired) electrons. The number of carbonyl (C=O) groups excluding carboxylic acids is 2. The standard InChI is InChI=1S/C18H20O3/c1-21-17(20)18-11-6-5-9-15(16(18)19)14(10-12-18)13-7-3-2-4-8-13/h2-4,7-8,10,15H,5-6,9,11-12H2,1H3. The number of benzene rings is 1. The van der Waals surface area contributed by atoms with Crippen molar-refractivity contribution in [3.05, 3.63) is 42.0 Å². The van der Waals surface area contributed by atoms with E-state index in [1.165, 1.54) is 7.11 Å². The summed E-state index contributed by atoms with van der Waals surface area (Å²) >= 11 is 0. The van der Waals surface area contributed by atoms with Crippen LogP contribution in [0.25, 0.3) is 5.57 Å². The maximum atomic E-state index is 13.0. The summed E-state index contributed by atoms with van der Waals surface area (Å²) in [5, 5.41) is 0. The largest absolute Gasteiger partial charge is 0.468 e. The van der Waals surface area contributed by atoms with E-state index in [4.69, 9.17) is 4.74 Å². The van der Waals surface area contributed by atoms with E-state index in [9.17, 15) is 9.59 Å². The van der Waals surface area contributed by atoms with Crippen LogP contribution in [0.5, 0.6) is 0 Å². The first-order chi connectivity index (χ1) is 10.2. The number of fused-ring (bicyclic) bond motifs is 2. The molecular formula is C18H20O3. The van der Waals surface area contributed by atoms with Crippen molar-refractivity contribution in [3.63, 3.8) is 0 Å². The molecule has 0 amide bonds. The van der Waals surface area contributed by atoms with E-state index in [1.54, 1.807) is 0 Å². The quantitative estimate of drug-likeness (QED) is 0.617. The average molecular weight is 284 g/mol. The van der Waals surface area contributed by atoms with E-state index in [1.807, 2.05) is 30.3 Å². The fourth-order valence-corrected chi connectivity index (χ4v) is 3.72. The Morgan fingerprint density at radius 3 is 2.71 bits per heavy atom. The molecule has 2 aliphatic rings. The Kier molecular flexibility index (Phi) is 3.66. The Bertz CT molecular complexity index is 588. The lowest BCUT2D eigenvalue weighted by molar-refractivity contribution is -0.159. The Balaban J connectivity index is 2.05. The van der Waals surface area contributed by atoms with Crippen molar-refractivity contribution in [2.45, 2.75) is 32.1 Å². The summed E-state index contributed by atoms with van der Waals surface area (Å²) in [6.07, 6.45) is 5.90. The van der Waals surface area contributed by atoms with Gasteiger partial charge < -0.3 is 4.74 Å². The number of hydrogen-bond acceptors (Lipinski definition) is 3. The third-order valence-electron chi connectivity index (χ3n) is 4.86. The Hall–Kier alpha value is -1.90. The van der Waals surface area contributed by atoms with E-state index in [-0.39, 0.29) is 17.7 Å². The van der Waals surface area contributed by atoms with E-state index in [2.05, 4.69) is 6.08 Å². The van der Waals surface area contributed by atoms with Crippen LogP contribution >= 0.6 is 0 Å². The van der Waals surface area contributed by atoms with Crippen LogP contribution < -0.4 is 0 Å². The number of carbonyl (C=O) groups is 2. The molecule has 3 rings (SSSR count). The van der Waals surface area contributed by atoms with Crippen molar-refractivity contribution in [3.8, 4) is 0 Å². The summed E-state index contributed by atoms with van der Waals surface area (Å²) in [6, 6.07) is 10.0. The van der Waals surface area contributed by atoms with Crippen LogP contribution in [0, 0.1) is 11.3 Å². The van der Waals surface area contributed by atoms with Crippen LogP contribution in [0.4, 0.5) is 0 Å². The molecule has 2 aliphatic carbocycles. The molecule has 2 unspecified atom stereocenters. The first kappa shape index (κ1) is 14.1. The van der Waals surface area contributed by atoms with Crippen molar-refractivity contribution in [1.82, 2.24) is 0 Å². The summed E-state index contributed by atoms with van der Waals surface area (Å²) in [7, 11) is 1.38. The van der Waals surface area contributed by atoms with Gasteiger partial charge >= 0.3 is 5.97 Å². The zero-order valence-corrected chi connectivity index (χ0v) is 12.3. The SMILES string of the molecule is COC(=O)C12CC=C(c3ccccc3)C(CCCC1)C2=O. The molecule has 3 nitrogen and oxygen atoms in total. The molecule has 1 aromatic carbocycles. The minimum absolute atomic E-state index is 0.0632. The second-order valence-electron chi connectivity index (χ2n) is 5.97. The highest BCUT2D eigenvalue weighted by atomic mass is 16.5. The molecule has 0 aromatic heterocycles. The normalized spacial score (nSPS) is 28.5. The van der Waals surface area contributed by atoms with Crippen molar-refractivity contribution in [1.29, 1.82) is 0 Å². The first-order valence-electron chi connectivity index (χ1n) is 7.57. The number of hydrogen-bond donors (Lipinski definition) is 0. The molecule has 0 N–H and O–H groups in total. The molecule has 0 saturated heterocycles. The predicted molar refractivity (Wildman–Crippen MR) is 80.5 cm³/mol. The van der Waals surface area contributed by atoms with E-state index >= 15 is 0 Å². The van der Waals surface area contributed by atoms with Crippen LogP contribution in [-0.4, -0.2) is 18.9 Å². The van der Waals surface area contributed by atoms with Gasteiger partial charge in [0.25, 0.3) is 0 Å². The molecule has 110 valence electrons. The molecule has 21 heavy (non-hydrogen) atoms. The summed E-state index contributed by atoms with van der Waals surface area (Å²) in [5.74, 6) is -0.460. The number of esters is 1. The van der Waals surface area contributed by atoms with Gasteiger partial charge in [0.1, 0.15) is 5.41 Å². The van der Waals surface area contributed by atoms with Gasteiger partial charge in [-0.1, -0.05) is 49.2 Å². The Labute approximate surface area is 125 Å². The smallest absolute Gasteiger partial charge is 0.319 e. The van der Waals surface area contributed by atoms with Gasteiger partial charge in [-0.05, 0) is 30.4 Å². The second kappa shape index (κ2) is 5.47. The van der Waals surface area contributed by atoms with Gasteiger partial charge in [0.05, 0.1) is 7.11 Å². The molecule has 1 aromatic rings. The number of allylic oxidation sites excluding steroid dienone is 2. The average Bonchev–Trinajstić information content (AvgIpc) is 2.63.